The molecular weight excluding hydrogens is 246 g/mol. The third-order valence-electron chi connectivity index (χ3n) is 2.72. The summed E-state index contributed by atoms with van der Waals surface area (Å²) >= 11 is 1.27. The van der Waals surface area contributed by atoms with Gasteiger partial charge in [0, 0.05) is 27.7 Å². The van der Waals surface area contributed by atoms with Crippen LogP contribution in [0, 0.1) is 13.8 Å². The Bertz CT molecular complexity index is 538. The molecule has 0 saturated carbocycles. The lowest BCUT2D eigenvalue weighted by atomic mass is 10.3. The number of nitrogens with zero attached hydrogens (tertiary/aromatic N) is 1. The SMILES string of the molecule is Cc1ccc(C)n1-c1ccc(SCC(=O)[O-])cc1. The molecular formula is C14H14NO2S-. The van der Waals surface area contributed by atoms with E-state index in [9.17, 15) is 9.90 Å². The zero-order chi connectivity index (χ0) is 13.1. The van der Waals surface area contributed by atoms with E-state index in [4.69, 9.17) is 0 Å². The molecule has 0 radical (unpaired) electrons. The normalized spacial score (nSPS) is 10.6. The third kappa shape index (κ3) is 2.76. The highest BCUT2D eigenvalue weighted by molar-refractivity contribution is 8.00. The Morgan fingerprint density at radius 3 is 2.17 bits per heavy atom. The molecule has 0 fully saturated rings. The maximum Gasteiger partial charge on any atom is 0.0517 e. The van der Waals surface area contributed by atoms with E-state index in [0.29, 0.717) is 0 Å². The number of hydrogen-bond acceptors (Lipinski definition) is 3. The second-order valence-corrected chi connectivity index (χ2v) is 5.15. The van der Waals surface area contributed by atoms with E-state index in [-0.39, 0.29) is 5.75 Å². The fraction of sp³-hybridized carbons (Fsp3) is 0.214. The first kappa shape index (κ1) is 12.8. The molecule has 18 heavy (non-hydrogen) atoms. The lowest BCUT2D eigenvalue weighted by Crippen LogP contribution is -2.24. The molecule has 0 unspecified atom stereocenters. The molecule has 1 aromatic carbocycles. The molecule has 1 aromatic heterocycles. The molecule has 1 heterocycles. The van der Waals surface area contributed by atoms with Crippen molar-refractivity contribution < 1.29 is 9.90 Å². The van der Waals surface area contributed by atoms with Gasteiger partial charge in [-0.15, -0.1) is 11.8 Å². The Hall–Kier alpha value is -1.68. The molecule has 4 heteroatoms. The summed E-state index contributed by atoms with van der Waals surface area (Å²) in [6.07, 6.45) is 0. The highest BCUT2D eigenvalue weighted by atomic mass is 32.2. The van der Waals surface area contributed by atoms with Crippen LogP contribution in [-0.4, -0.2) is 16.3 Å². The molecule has 0 bridgehead atoms. The van der Waals surface area contributed by atoms with E-state index >= 15 is 0 Å². The van der Waals surface area contributed by atoms with Crippen molar-refractivity contribution in [1.82, 2.24) is 4.57 Å². The van der Waals surface area contributed by atoms with Crippen LogP contribution in [0.25, 0.3) is 5.69 Å². The molecule has 3 nitrogen and oxygen atoms in total. The van der Waals surface area contributed by atoms with Gasteiger partial charge in [-0.3, -0.25) is 0 Å². The molecule has 0 amide bonds. The Labute approximate surface area is 110 Å². The van der Waals surface area contributed by atoms with E-state index < -0.39 is 5.97 Å². The summed E-state index contributed by atoms with van der Waals surface area (Å²) in [5.74, 6) is -1.05. The second kappa shape index (κ2) is 5.31. The monoisotopic (exact) mass is 260 g/mol. The number of carboxylic acids is 1. The van der Waals surface area contributed by atoms with Crippen LogP contribution in [0.2, 0.25) is 0 Å². The van der Waals surface area contributed by atoms with Crippen molar-refractivity contribution in [2.45, 2.75) is 18.7 Å². The fourth-order valence-electron chi connectivity index (χ4n) is 1.91. The maximum atomic E-state index is 10.4. The zero-order valence-corrected chi connectivity index (χ0v) is 11.2. The van der Waals surface area contributed by atoms with Gasteiger partial charge in [0.1, 0.15) is 0 Å². The van der Waals surface area contributed by atoms with Gasteiger partial charge in [0.2, 0.25) is 0 Å². The number of aliphatic carboxylic acids is 1. The van der Waals surface area contributed by atoms with Crippen molar-refractivity contribution in [2.24, 2.45) is 0 Å². The Morgan fingerprint density at radius 2 is 1.67 bits per heavy atom. The first-order valence-electron chi connectivity index (χ1n) is 5.66. The van der Waals surface area contributed by atoms with Gasteiger partial charge in [0.15, 0.2) is 0 Å². The van der Waals surface area contributed by atoms with E-state index in [2.05, 4.69) is 30.5 Å². The number of rotatable bonds is 4. The average Bonchev–Trinajstić information content (AvgIpc) is 2.67. The van der Waals surface area contributed by atoms with Crippen LogP contribution in [-0.2, 0) is 4.79 Å². The minimum atomic E-state index is -1.04. The van der Waals surface area contributed by atoms with Crippen LogP contribution < -0.4 is 5.11 Å². The highest BCUT2D eigenvalue weighted by Gasteiger charge is 2.03. The van der Waals surface area contributed by atoms with Gasteiger partial charge in [-0.1, -0.05) is 0 Å². The zero-order valence-electron chi connectivity index (χ0n) is 10.3. The number of aromatic nitrogens is 1. The van der Waals surface area contributed by atoms with Gasteiger partial charge < -0.3 is 14.5 Å². The molecule has 0 spiro atoms. The van der Waals surface area contributed by atoms with Crippen molar-refractivity contribution >= 4 is 17.7 Å². The summed E-state index contributed by atoms with van der Waals surface area (Å²) in [4.78, 5) is 11.3. The van der Waals surface area contributed by atoms with Crippen LogP contribution in [0.15, 0.2) is 41.3 Å². The Balaban J connectivity index is 2.20. The number of carboxylic acid groups (broad SMARTS) is 1. The van der Waals surface area contributed by atoms with E-state index in [0.717, 1.165) is 10.6 Å². The van der Waals surface area contributed by atoms with Crippen molar-refractivity contribution in [1.29, 1.82) is 0 Å². The van der Waals surface area contributed by atoms with Gasteiger partial charge >= 0.3 is 0 Å². The lowest BCUT2D eigenvalue weighted by molar-refractivity contribution is -0.301. The Kier molecular flexibility index (Phi) is 3.77. The first-order chi connectivity index (χ1) is 8.58. The molecule has 2 aromatic rings. The highest BCUT2D eigenvalue weighted by Crippen LogP contribution is 2.21. The van der Waals surface area contributed by atoms with Crippen molar-refractivity contribution in [3.63, 3.8) is 0 Å². The molecule has 0 saturated heterocycles. The van der Waals surface area contributed by atoms with Gasteiger partial charge in [-0.2, -0.15) is 0 Å². The molecule has 0 aliphatic rings. The maximum absolute atomic E-state index is 10.4. The molecule has 0 N–H and O–H groups in total. The molecule has 94 valence electrons. The summed E-state index contributed by atoms with van der Waals surface area (Å²) in [6.45, 7) is 4.12. The number of thioether (sulfide) groups is 1. The predicted octanol–water partition coefficient (Wildman–Crippen LogP) is 1.94. The summed E-state index contributed by atoms with van der Waals surface area (Å²) in [6, 6.07) is 12.0. The van der Waals surface area contributed by atoms with Crippen LogP contribution in [0.5, 0.6) is 0 Å². The minimum Gasteiger partial charge on any atom is -0.549 e. The van der Waals surface area contributed by atoms with Crippen LogP contribution in [0.4, 0.5) is 0 Å². The van der Waals surface area contributed by atoms with Crippen LogP contribution in [0.3, 0.4) is 0 Å². The third-order valence-corrected chi connectivity index (χ3v) is 3.71. The molecule has 2 rings (SSSR count). The summed E-state index contributed by atoms with van der Waals surface area (Å²) in [7, 11) is 0. The summed E-state index contributed by atoms with van der Waals surface area (Å²) in [5.41, 5.74) is 3.46. The lowest BCUT2D eigenvalue weighted by Gasteiger charge is -2.10. The van der Waals surface area contributed by atoms with Gasteiger partial charge in [0.05, 0.1) is 5.97 Å². The largest absolute Gasteiger partial charge is 0.549 e. The number of carbonyl (C=O) groups is 1. The van der Waals surface area contributed by atoms with E-state index in [1.54, 1.807) is 0 Å². The Morgan fingerprint density at radius 1 is 1.11 bits per heavy atom. The number of benzene rings is 1. The van der Waals surface area contributed by atoms with Crippen LogP contribution >= 0.6 is 11.8 Å². The number of hydrogen-bond donors (Lipinski definition) is 0. The van der Waals surface area contributed by atoms with Gasteiger partial charge in [-0.05, 0) is 50.2 Å². The standard InChI is InChI=1S/C14H15NO2S/c1-10-3-4-11(2)15(10)12-5-7-13(8-6-12)18-9-14(16)17/h3-8H,9H2,1-2H3,(H,16,17)/p-1. The summed E-state index contributed by atoms with van der Waals surface area (Å²) in [5, 5.41) is 10.4. The molecule has 0 atom stereocenters. The van der Waals surface area contributed by atoms with Gasteiger partial charge in [0.25, 0.3) is 0 Å². The molecule has 0 aliphatic heterocycles. The quantitative estimate of drug-likeness (QED) is 0.789. The van der Waals surface area contributed by atoms with Crippen molar-refractivity contribution in [3.05, 3.63) is 47.8 Å². The van der Waals surface area contributed by atoms with Crippen LogP contribution in [0.1, 0.15) is 11.4 Å². The average molecular weight is 260 g/mol. The van der Waals surface area contributed by atoms with E-state index in [1.807, 2.05) is 24.3 Å². The number of carbonyl (C=O) groups excluding carboxylic acids is 1. The minimum absolute atomic E-state index is 0.0130. The second-order valence-electron chi connectivity index (χ2n) is 4.11. The van der Waals surface area contributed by atoms with Crippen molar-refractivity contribution in [2.75, 3.05) is 5.75 Å². The first-order valence-corrected chi connectivity index (χ1v) is 6.64. The smallest absolute Gasteiger partial charge is 0.0517 e. The van der Waals surface area contributed by atoms with E-state index in [1.165, 1.54) is 23.1 Å². The van der Waals surface area contributed by atoms with Crippen molar-refractivity contribution in [3.8, 4) is 5.69 Å². The topological polar surface area (TPSA) is 45.1 Å². The van der Waals surface area contributed by atoms with Gasteiger partial charge in [-0.25, -0.2) is 0 Å². The predicted molar refractivity (Wildman–Crippen MR) is 71.0 cm³/mol. The molecule has 0 aliphatic carbocycles. The fourth-order valence-corrected chi connectivity index (χ4v) is 2.52. The number of aryl methyl sites for hydroxylation is 2. The summed E-state index contributed by atoms with van der Waals surface area (Å²) < 4.78 is 2.16.